The zero-order valence-electron chi connectivity index (χ0n) is 22.3. The summed E-state index contributed by atoms with van der Waals surface area (Å²) in [6.07, 6.45) is 5.77. The molecule has 1 aliphatic rings. The van der Waals surface area contributed by atoms with E-state index in [1.165, 1.54) is 41.0 Å². The molecule has 0 spiro atoms. The Morgan fingerprint density at radius 1 is 1.07 bits per heavy atom. The number of benzene rings is 2. The molecular weight excluding hydrogens is 601 g/mol. The number of anilines is 1. The van der Waals surface area contributed by atoms with Gasteiger partial charge in [-0.3, -0.25) is 29.2 Å². The quantitative estimate of drug-likeness (QED) is 0.189. The van der Waals surface area contributed by atoms with Gasteiger partial charge in [0, 0.05) is 36.8 Å². The molecule has 0 aliphatic heterocycles. The second kappa shape index (κ2) is 12.0. The fourth-order valence-corrected chi connectivity index (χ4v) is 7.48. The number of nitrogens with zero attached hydrogens (tertiary/aromatic N) is 4. The number of sulfonamides is 1. The third-order valence-electron chi connectivity index (χ3n) is 7.17. The number of amides is 1. The third kappa shape index (κ3) is 5.80. The summed E-state index contributed by atoms with van der Waals surface area (Å²) < 4.78 is 29.6. The number of nitro groups is 1. The molecule has 13 heteroatoms. The maximum atomic E-state index is 14.2. The van der Waals surface area contributed by atoms with E-state index in [0.717, 1.165) is 11.3 Å². The molecule has 0 saturated carbocycles. The summed E-state index contributed by atoms with van der Waals surface area (Å²) in [7, 11) is -4.37. The van der Waals surface area contributed by atoms with Gasteiger partial charge in [-0.25, -0.2) is 8.42 Å². The third-order valence-corrected chi connectivity index (χ3v) is 9.67. The van der Waals surface area contributed by atoms with Crippen LogP contribution in [0.1, 0.15) is 46.6 Å². The zero-order valence-corrected chi connectivity index (χ0v) is 24.6. The van der Waals surface area contributed by atoms with Gasteiger partial charge in [0.25, 0.3) is 21.6 Å². The first-order chi connectivity index (χ1) is 20.1. The van der Waals surface area contributed by atoms with Gasteiger partial charge in [0.05, 0.1) is 38.3 Å². The van der Waals surface area contributed by atoms with E-state index in [1.54, 1.807) is 37.4 Å². The molecule has 2 heterocycles. The summed E-state index contributed by atoms with van der Waals surface area (Å²) in [4.78, 5) is 31.9. The van der Waals surface area contributed by atoms with Gasteiger partial charge in [0.1, 0.15) is 0 Å². The van der Waals surface area contributed by atoms with Crippen LogP contribution in [0.2, 0.25) is 10.0 Å². The molecule has 2 aromatic heterocycles. The predicted molar refractivity (Wildman–Crippen MR) is 159 cm³/mol. The number of carbonyl (C=O) groups excluding carboxylic acids is 1. The van der Waals surface area contributed by atoms with Crippen molar-refractivity contribution in [2.45, 2.75) is 43.2 Å². The summed E-state index contributed by atoms with van der Waals surface area (Å²) >= 11 is 12.2. The Morgan fingerprint density at radius 3 is 2.45 bits per heavy atom. The number of carbonyl (C=O) groups is 1. The van der Waals surface area contributed by atoms with Gasteiger partial charge in [0.15, 0.2) is 4.90 Å². The number of hydrogen-bond acceptors (Lipinski definition) is 7. The average Bonchev–Trinajstić information content (AvgIpc) is 2.97. The first-order valence-electron chi connectivity index (χ1n) is 13.0. The Morgan fingerprint density at radius 2 is 1.76 bits per heavy atom. The molecule has 2 aromatic carbocycles. The van der Waals surface area contributed by atoms with Gasteiger partial charge < -0.3 is 5.32 Å². The average molecular weight is 627 g/mol. The van der Waals surface area contributed by atoms with E-state index < -0.39 is 43.5 Å². The Hall–Kier alpha value is -4.06. The standard InChI is InChI=1S/C29H25Cl2N5O5S/c1-18(34-29(37)28-23(30)16-32-17-24(28)31)19-8-11-21(12-9-19)35(22-13-10-20-5-4-14-33-25(20)15-22)42(40,41)27-7-3-2-6-26(27)36(38)39/h2-9,11-12,14,16-18,22H,10,13,15H2,1H3,(H,34,37). The Labute approximate surface area is 252 Å². The van der Waals surface area contributed by atoms with Crippen molar-refractivity contribution >= 4 is 50.5 Å². The van der Waals surface area contributed by atoms with Crippen molar-refractivity contribution in [2.75, 3.05) is 4.31 Å². The first kappa shape index (κ1) is 29.4. The van der Waals surface area contributed by atoms with E-state index in [2.05, 4.69) is 15.3 Å². The van der Waals surface area contributed by atoms with E-state index in [4.69, 9.17) is 23.2 Å². The van der Waals surface area contributed by atoms with Crippen LogP contribution in [0.5, 0.6) is 0 Å². The molecular formula is C29H25Cl2N5O5S. The fraction of sp³-hybridized carbons (Fsp3) is 0.207. The lowest BCUT2D eigenvalue weighted by Crippen LogP contribution is -2.44. The first-order valence-corrected chi connectivity index (χ1v) is 15.2. The maximum absolute atomic E-state index is 14.2. The summed E-state index contributed by atoms with van der Waals surface area (Å²) in [5.41, 5.74) is 2.46. The minimum absolute atomic E-state index is 0.102. The second-order valence-electron chi connectivity index (χ2n) is 9.80. The number of nitro benzene ring substituents is 1. The van der Waals surface area contributed by atoms with E-state index in [1.807, 2.05) is 12.1 Å². The molecule has 2 unspecified atom stereocenters. The van der Waals surface area contributed by atoms with E-state index in [-0.39, 0.29) is 15.6 Å². The van der Waals surface area contributed by atoms with Gasteiger partial charge >= 0.3 is 0 Å². The van der Waals surface area contributed by atoms with Crippen molar-refractivity contribution in [2.24, 2.45) is 0 Å². The minimum Gasteiger partial charge on any atom is -0.345 e. The van der Waals surface area contributed by atoms with Gasteiger partial charge in [0.2, 0.25) is 0 Å². The van der Waals surface area contributed by atoms with E-state index in [9.17, 15) is 23.3 Å². The molecule has 1 N–H and O–H groups in total. The Kier molecular flexibility index (Phi) is 8.44. The van der Waals surface area contributed by atoms with Crippen molar-refractivity contribution in [1.82, 2.24) is 15.3 Å². The highest BCUT2D eigenvalue weighted by Crippen LogP contribution is 2.36. The van der Waals surface area contributed by atoms with Gasteiger partial charge in [-0.15, -0.1) is 0 Å². The SMILES string of the molecule is CC(NC(=O)c1c(Cl)cncc1Cl)c1ccc(N(C2CCc3cccnc3C2)S(=O)(=O)c2ccccc2[N+](=O)[O-])cc1. The van der Waals surface area contributed by atoms with Gasteiger partial charge in [-0.05, 0) is 55.2 Å². The molecule has 0 bridgehead atoms. The van der Waals surface area contributed by atoms with Crippen LogP contribution in [0.4, 0.5) is 11.4 Å². The fourth-order valence-electron chi connectivity index (χ4n) is 5.10. The molecule has 1 amide bonds. The molecule has 42 heavy (non-hydrogen) atoms. The van der Waals surface area contributed by atoms with Crippen LogP contribution in [-0.2, 0) is 22.9 Å². The largest absolute Gasteiger partial charge is 0.345 e. The highest BCUT2D eigenvalue weighted by Gasteiger charge is 2.38. The van der Waals surface area contributed by atoms with Crippen molar-refractivity contribution in [3.8, 4) is 0 Å². The van der Waals surface area contributed by atoms with Gasteiger partial charge in [-0.1, -0.05) is 53.5 Å². The summed E-state index contributed by atoms with van der Waals surface area (Å²) in [6, 6.07) is 14.8. The lowest BCUT2D eigenvalue weighted by molar-refractivity contribution is -0.387. The molecule has 4 aromatic rings. The Bertz CT molecular complexity index is 1750. The van der Waals surface area contributed by atoms with Crippen molar-refractivity contribution < 1.29 is 18.1 Å². The number of halogens is 2. The van der Waals surface area contributed by atoms with E-state index >= 15 is 0 Å². The van der Waals surface area contributed by atoms with E-state index in [0.29, 0.717) is 30.5 Å². The number of rotatable bonds is 8. The number of fused-ring (bicyclic) bond motifs is 1. The number of para-hydroxylation sites is 1. The molecule has 10 nitrogen and oxygen atoms in total. The van der Waals surface area contributed by atoms with Crippen LogP contribution in [0, 0.1) is 10.1 Å². The normalized spacial score (nSPS) is 15.4. The zero-order chi connectivity index (χ0) is 30.0. The maximum Gasteiger partial charge on any atom is 0.289 e. The molecule has 0 radical (unpaired) electrons. The minimum atomic E-state index is -4.37. The van der Waals surface area contributed by atoms with Crippen LogP contribution in [0.15, 0.2) is 84.1 Å². The molecule has 2 atom stereocenters. The lowest BCUT2D eigenvalue weighted by Gasteiger charge is -2.35. The van der Waals surface area contributed by atoms with Crippen LogP contribution in [0.3, 0.4) is 0 Å². The summed E-state index contributed by atoms with van der Waals surface area (Å²) in [6.45, 7) is 1.77. The van der Waals surface area contributed by atoms with Gasteiger partial charge in [-0.2, -0.15) is 0 Å². The number of pyridine rings is 2. The predicted octanol–water partition coefficient (Wildman–Crippen LogP) is 5.94. The van der Waals surface area contributed by atoms with Crippen molar-refractivity contribution in [1.29, 1.82) is 0 Å². The van der Waals surface area contributed by atoms with Crippen molar-refractivity contribution in [3.05, 3.63) is 122 Å². The highest BCUT2D eigenvalue weighted by atomic mass is 35.5. The molecule has 216 valence electrons. The molecule has 1 aliphatic carbocycles. The number of aryl methyl sites for hydroxylation is 1. The second-order valence-corrected chi connectivity index (χ2v) is 12.4. The summed E-state index contributed by atoms with van der Waals surface area (Å²) in [5.74, 6) is -0.488. The molecule has 0 saturated heterocycles. The number of hydrogen-bond donors (Lipinski definition) is 1. The van der Waals surface area contributed by atoms with Crippen LogP contribution < -0.4 is 9.62 Å². The lowest BCUT2D eigenvalue weighted by atomic mass is 9.92. The summed E-state index contributed by atoms with van der Waals surface area (Å²) in [5, 5.41) is 14.8. The number of nitrogens with one attached hydrogen (secondary N) is 1. The monoisotopic (exact) mass is 625 g/mol. The Balaban J connectivity index is 1.49. The smallest absolute Gasteiger partial charge is 0.289 e. The van der Waals surface area contributed by atoms with Crippen LogP contribution in [0.25, 0.3) is 0 Å². The highest BCUT2D eigenvalue weighted by molar-refractivity contribution is 7.93. The molecule has 5 rings (SSSR count). The van der Waals surface area contributed by atoms with Crippen LogP contribution in [-0.4, -0.2) is 35.3 Å². The van der Waals surface area contributed by atoms with Crippen molar-refractivity contribution in [3.63, 3.8) is 0 Å². The topological polar surface area (TPSA) is 135 Å². The van der Waals surface area contributed by atoms with Crippen LogP contribution >= 0.6 is 23.2 Å². The number of aromatic nitrogens is 2. The molecule has 0 fully saturated rings.